The Morgan fingerprint density at radius 1 is 1.00 bits per heavy atom. The van der Waals surface area contributed by atoms with Gasteiger partial charge in [0.1, 0.15) is 11.6 Å². The maximum absolute atomic E-state index is 12.5. The van der Waals surface area contributed by atoms with Gasteiger partial charge in [-0.05, 0) is 49.4 Å². The minimum absolute atomic E-state index is 0.351. The first-order valence-corrected chi connectivity index (χ1v) is 10.9. The Hall–Kier alpha value is -3.33. The topological polar surface area (TPSA) is 112 Å². The number of rotatable bonds is 5. The van der Waals surface area contributed by atoms with Crippen LogP contribution in [-0.4, -0.2) is 26.9 Å². The molecule has 2 aromatic carbocycles. The third kappa shape index (κ3) is 5.54. The van der Waals surface area contributed by atoms with Crippen molar-refractivity contribution in [2.24, 2.45) is 0 Å². The molecule has 2 heterocycles. The third-order valence-corrected chi connectivity index (χ3v) is 5.60. The standard InChI is InChI=1S/C22H17Cl3N6O2/c1-11(20-29-17-8-15(24)16(25)9-18(17)30-20)27-22(33)28-14-4-2-3-12(7-14)21(32)31-19-6-5-13(23)10-26-19/h2-11H,1H3,(H,29,30)(H,26,31,32)(H2,27,28,33). The van der Waals surface area contributed by atoms with Crippen LogP contribution >= 0.6 is 34.8 Å². The number of nitrogens with zero attached hydrogens (tertiary/aromatic N) is 2. The Morgan fingerprint density at radius 2 is 1.79 bits per heavy atom. The van der Waals surface area contributed by atoms with E-state index in [1.54, 1.807) is 55.5 Å². The third-order valence-electron chi connectivity index (χ3n) is 4.65. The molecule has 3 amide bonds. The van der Waals surface area contributed by atoms with Crippen molar-refractivity contribution < 1.29 is 9.59 Å². The molecule has 33 heavy (non-hydrogen) atoms. The van der Waals surface area contributed by atoms with E-state index in [1.165, 1.54) is 6.20 Å². The van der Waals surface area contributed by atoms with Gasteiger partial charge in [-0.3, -0.25) is 4.79 Å². The SMILES string of the molecule is CC(NC(=O)Nc1cccc(C(=O)Nc2ccc(Cl)cn2)c1)c1nc2cc(Cl)c(Cl)cc2[nH]1. The minimum atomic E-state index is -0.462. The van der Waals surface area contributed by atoms with Crippen molar-refractivity contribution in [2.45, 2.75) is 13.0 Å². The van der Waals surface area contributed by atoms with Crippen molar-refractivity contribution >= 4 is 69.3 Å². The van der Waals surface area contributed by atoms with Crippen LogP contribution < -0.4 is 16.0 Å². The second kappa shape index (κ2) is 9.66. The molecule has 4 rings (SSSR count). The summed E-state index contributed by atoms with van der Waals surface area (Å²) < 4.78 is 0. The fraction of sp³-hybridized carbons (Fsp3) is 0.0909. The van der Waals surface area contributed by atoms with Crippen LogP contribution in [0.25, 0.3) is 11.0 Å². The van der Waals surface area contributed by atoms with Gasteiger partial charge in [0, 0.05) is 17.4 Å². The highest BCUT2D eigenvalue weighted by molar-refractivity contribution is 6.42. The van der Waals surface area contributed by atoms with E-state index in [9.17, 15) is 9.59 Å². The van der Waals surface area contributed by atoms with Gasteiger partial charge in [-0.25, -0.2) is 14.8 Å². The molecule has 11 heteroatoms. The molecule has 0 aliphatic heterocycles. The number of pyridine rings is 1. The lowest BCUT2D eigenvalue weighted by molar-refractivity contribution is 0.102. The predicted molar refractivity (Wildman–Crippen MR) is 130 cm³/mol. The number of aromatic nitrogens is 3. The Kier molecular flexibility index (Phi) is 6.69. The summed E-state index contributed by atoms with van der Waals surface area (Å²) in [5.74, 6) is 0.534. The maximum atomic E-state index is 12.5. The van der Waals surface area contributed by atoms with Crippen molar-refractivity contribution in [2.75, 3.05) is 10.6 Å². The van der Waals surface area contributed by atoms with E-state index in [2.05, 4.69) is 30.9 Å². The molecule has 0 radical (unpaired) electrons. The summed E-state index contributed by atoms with van der Waals surface area (Å²) in [5, 5.41) is 9.46. The Bertz CT molecular complexity index is 1300. The first-order valence-electron chi connectivity index (χ1n) is 9.73. The van der Waals surface area contributed by atoms with Gasteiger partial charge in [-0.1, -0.05) is 40.9 Å². The molecule has 0 saturated carbocycles. The first-order chi connectivity index (χ1) is 15.8. The zero-order valence-electron chi connectivity index (χ0n) is 17.1. The normalized spacial score (nSPS) is 11.8. The van der Waals surface area contributed by atoms with Crippen molar-refractivity contribution in [1.29, 1.82) is 0 Å². The van der Waals surface area contributed by atoms with E-state index in [0.717, 1.165) is 0 Å². The fourth-order valence-electron chi connectivity index (χ4n) is 3.04. The second-order valence-electron chi connectivity index (χ2n) is 7.12. The number of urea groups is 1. The molecular formula is C22H17Cl3N6O2. The van der Waals surface area contributed by atoms with Gasteiger partial charge in [0.25, 0.3) is 5.91 Å². The van der Waals surface area contributed by atoms with Crippen LogP contribution in [-0.2, 0) is 0 Å². The Labute approximate surface area is 203 Å². The van der Waals surface area contributed by atoms with E-state index < -0.39 is 12.1 Å². The summed E-state index contributed by atoms with van der Waals surface area (Å²) in [6.07, 6.45) is 1.44. The predicted octanol–water partition coefficient (Wildman–Crippen LogP) is 6.05. The molecule has 0 spiro atoms. The van der Waals surface area contributed by atoms with Crippen LogP contribution in [0.3, 0.4) is 0 Å². The lowest BCUT2D eigenvalue weighted by atomic mass is 10.2. The number of halogens is 3. The first kappa shape index (κ1) is 22.8. The van der Waals surface area contributed by atoms with E-state index >= 15 is 0 Å². The molecule has 4 N–H and O–H groups in total. The van der Waals surface area contributed by atoms with Crippen molar-refractivity contribution in [3.05, 3.63) is 81.2 Å². The summed E-state index contributed by atoms with van der Waals surface area (Å²) in [6.45, 7) is 1.78. The number of amides is 3. The molecule has 0 aliphatic carbocycles. The number of benzene rings is 2. The molecule has 0 aliphatic rings. The number of nitrogens with one attached hydrogen (secondary N) is 4. The van der Waals surface area contributed by atoms with Gasteiger partial charge in [0.15, 0.2) is 0 Å². The highest BCUT2D eigenvalue weighted by Gasteiger charge is 2.15. The van der Waals surface area contributed by atoms with E-state index in [-0.39, 0.29) is 5.91 Å². The summed E-state index contributed by atoms with van der Waals surface area (Å²) in [5.41, 5.74) is 2.15. The molecule has 1 unspecified atom stereocenters. The largest absolute Gasteiger partial charge is 0.340 e. The number of carbonyl (C=O) groups excluding carboxylic acids is 2. The number of hydrogen-bond acceptors (Lipinski definition) is 4. The lowest BCUT2D eigenvalue weighted by Crippen LogP contribution is -2.31. The average Bonchev–Trinajstić information content (AvgIpc) is 3.18. The number of hydrogen-bond donors (Lipinski definition) is 4. The van der Waals surface area contributed by atoms with Crippen molar-refractivity contribution in [3.63, 3.8) is 0 Å². The molecule has 1 atom stereocenters. The summed E-state index contributed by atoms with van der Waals surface area (Å²) >= 11 is 17.9. The minimum Gasteiger partial charge on any atom is -0.340 e. The quantitative estimate of drug-likeness (QED) is 0.265. The summed E-state index contributed by atoms with van der Waals surface area (Å²) in [4.78, 5) is 36.6. The molecule has 2 aromatic heterocycles. The van der Waals surface area contributed by atoms with Gasteiger partial charge in [-0.2, -0.15) is 0 Å². The van der Waals surface area contributed by atoms with Crippen LogP contribution in [0.4, 0.5) is 16.3 Å². The van der Waals surface area contributed by atoms with Crippen LogP contribution in [0.2, 0.25) is 15.1 Å². The number of H-pyrrole nitrogens is 1. The molecule has 8 nitrogen and oxygen atoms in total. The fourth-order valence-corrected chi connectivity index (χ4v) is 3.47. The van der Waals surface area contributed by atoms with Crippen molar-refractivity contribution in [3.8, 4) is 0 Å². The molecule has 4 aromatic rings. The van der Waals surface area contributed by atoms with Crippen LogP contribution in [0.5, 0.6) is 0 Å². The van der Waals surface area contributed by atoms with Gasteiger partial charge < -0.3 is 20.9 Å². The number of aromatic amines is 1. The summed E-state index contributed by atoms with van der Waals surface area (Å²) in [6, 6.07) is 12.2. The molecular weight excluding hydrogens is 487 g/mol. The van der Waals surface area contributed by atoms with Crippen LogP contribution in [0.1, 0.15) is 29.1 Å². The highest BCUT2D eigenvalue weighted by Crippen LogP contribution is 2.27. The monoisotopic (exact) mass is 502 g/mol. The van der Waals surface area contributed by atoms with Crippen LogP contribution in [0.15, 0.2) is 54.7 Å². The molecule has 168 valence electrons. The van der Waals surface area contributed by atoms with E-state index in [0.29, 0.717) is 49.0 Å². The van der Waals surface area contributed by atoms with E-state index in [4.69, 9.17) is 34.8 Å². The highest BCUT2D eigenvalue weighted by atomic mass is 35.5. The number of imidazole rings is 1. The van der Waals surface area contributed by atoms with Gasteiger partial charge in [0.05, 0.1) is 32.1 Å². The second-order valence-corrected chi connectivity index (χ2v) is 8.37. The number of anilines is 2. The maximum Gasteiger partial charge on any atom is 0.319 e. The van der Waals surface area contributed by atoms with Crippen LogP contribution in [0, 0.1) is 0 Å². The lowest BCUT2D eigenvalue weighted by Gasteiger charge is -2.13. The van der Waals surface area contributed by atoms with Gasteiger partial charge in [-0.15, -0.1) is 0 Å². The number of carbonyl (C=O) groups is 2. The Balaban J connectivity index is 1.40. The van der Waals surface area contributed by atoms with Crippen molar-refractivity contribution in [1.82, 2.24) is 20.3 Å². The van der Waals surface area contributed by atoms with Gasteiger partial charge in [0.2, 0.25) is 0 Å². The molecule has 0 saturated heterocycles. The smallest absolute Gasteiger partial charge is 0.319 e. The van der Waals surface area contributed by atoms with E-state index in [1.807, 2.05) is 0 Å². The van der Waals surface area contributed by atoms with Gasteiger partial charge >= 0.3 is 6.03 Å². The molecule has 0 bridgehead atoms. The molecule has 0 fully saturated rings. The number of fused-ring (bicyclic) bond motifs is 1. The Morgan fingerprint density at radius 3 is 2.55 bits per heavy atom. The zero-order valence-corrected chi connectivity index (χ0v) is 19.4. The average molecular weight is 504 g/mol. The summed E-state index contributed by atoms with van der Waals surface area (Å²) in [7, 11) is 0. The zero-order chi connectivity index (χ0) is 23.5.